The minimum atomic E-state index is 0.420. The molecule has 0 aliphatic carbocycles. The van der Waals surface area contributed by atoms with Crippen molar-refractivity contribution in [2.75, 3.05) is 5.32 Å². The number of nitriles is 1. The van der Waals surface area contributed by atoms with Crippen LogP contribution in [0.15, 0.2) is 41.0 Å². The maximum Gasteiger partial charge on any atom is 0.140 e. The van der Waals surface area contributed by atoms with E-state index in [-0.39, 0.29) is 0 Å². The van der Waals surface area contributed by atoms with Crippen LogP contribution in [0.25, 0.3) is 0 Å². The summed E-state index contributed by atoms with van der Waals surface area (Å²) < 4.78 is 1.05. The Morgan fingerprint density at radius 3 is 2.71 bits per heavy atom. The van der Waals surface area contributed by atoms with Crippen LogP contribution < -0.4 is 5.32 Å². The molecule has 1 N–H and O–H groups in total. The van der Waals surface area contributed by atoms with Gasteiger partial charge in [-0.1, -0.05) is 15.9 Å². The maximum atomic E-state index is 8.65. The Morgan fingerprint density at radius 2 is 2.12 bits per heavy atom. The lowest BCUT2D eigenvalue weighted by molar-refractivity contribution is 1.26. The lowest BCUT2D eigenvalue weighted by Crippen LogP contribution is -1.94. The third-order valence-corrected chi connectivity index (χ3v) is 2.84. The molecule has 0 radical (unpaired) electrons. The smallest absolute Gasteiger partial charge is 0.140 e. The van der Waals surface area contributed by atoms with Gasteiger partial charge < -0.3 is 5.32 Å². The highest BCUT2D eigenvalue weighted by molar-refractivity contribution is 9.10. The van der Waals surface area contributed by atoms with Gasteiger partial charge in [0.15, 0.2) is 0 Å². The zero-order valence-corrected chi connectivity index (χ0v) is 10.8. The van der Waals surface area contributed by atoms with Crippen molar-refractivity contribution < 1.29 is 0 Å². The van der Waals surface area contributed by atoms with Crippen LogP contribution in [0, 0.1) is 18.3 Å². The largest absolute Gasteiger partial charge is 0.354 e. The molecule has 2 aromatic rings. The molecule has 1 aromatic heterocycles. The second-order valence-electron chi connectivity index (χ2n) is 3.63. The van der Waals surface area contributed by atoms with Gasteiger partial charge in [0, 0.05) is 10.2 Å². The van der Waals surface area contributed by atoms with Crippen LogP contribution >= 0.6 is 15.9 Å². The Bertz CT molecular complexity index is 570. The Kier molecular flexibility index (Phi) is 3.40. The van der Waals surface area contributed by atoms with E-state index in [2.05, 4.69) is 26.2 Å². The normalized spacial score (nSPS) is 9.71. The molecule has 1 heterocycles. The standard InChI is InChI=1S/C13H10BrN3/c1-9-6-10(14)2-5-13(9)17-12-4-3-11(7-15)16-8-12/h2-6,8,17H,1H3. The third-order valence-electron chi connectivity index (χ3n) is 2.35. The van der Waals surface area contributed by atoms with Crippen LogP contribution in [0.5, 0.6) is 0 Å². The van der Waals surface area contributed by atoms with Gasteiger partial charge in [-0.2, -0.15) is 5.26 Å². The summed E-state index contributed by atoms with van der Waals surface area (Å²) in [5.41, 5.74) is 3.46. The predicted molar refractivity (Wildman–Crippen MR) is 71.1 cm³/mol. The molecule has 0 atom stereocenters. The zero-order valence-electron chi connectivity index (χ0n) is 9.24. The minimum Gasteiger partial charge on any atom is -0.354 e. The molecule has 84 valence electrons. The van der Waals surface area contributed by atoms with Crippen LogP contribution in [0.1, 0.15) is 11.3 Å². The summed E-state index contributed by atoms with van der Waals surface area (Å²) in [6.45, 7) is 2.03. The van der Waals surface area contributed by atoms with Crippen molar-refractivity contribution in [3.05, 3.63) is 52.3 Å². The molecule has 0 bridgehead atoms. The van der Waals surface area contributed by atoms with Crippen molar-refractivity contribution in [3.63, 3.8) is 0 Å². The number of hydrogen-bond acceptors (Lipinski definition) is 3. The number of aryl methyl sites for hydroxylation is 1. The molecule has 0 saturated carbocycles. The molecule has 2 rings (SSSR count). The van der Waals surface area contributed by atoms with E-state index in [1.165, 1.54) is 0 Å². The number of nitrogens with one attached hydrogen (secondary N) is 1. The van der Waals surface area contributed by atoms with Gasteiger partial charge in [-0.25, -0.2) is 4.98 Å². The van der Waals surface area contributed by atoms with E-state index in [0.717, 1.165) is 21.4 Å². The van der Waals surface area contributed by atoms with Gasteiger partial charge in [-0.05, 0) is 42.8 Å². The Labute approximate surface area is 108 Å². The summed E-state index contributed by atoms with van der Waals surface area (Å²) in [7, 11) is 0. The number of hydrogen-bond donors (Lipinski definition) is 1. The number of halogens is 1. The molecule has 0 amide bonds. The molecule has 0 unspecified atom stereocenters. The topological polar surface area (TPSA) is 48.7 Å². The van der Waals surface area contributed by atoms with Gasteiger partial charge in [-0.3, -0.25) is 0 Å². The molecular weight excluding hydrogens is 278 g/mol. The van der Waals surface area contributed by atoms with Crippen molar-refractivity contribution in [1.82, 2.24) is 4.98 Å². The number of anilines is 2. The van der Waals surface area contributed by atoms with E-state index in [1.807, 2.05) is 37.3 Å². The number of aromatic nitrogens is 1. The predicted octanol–water partition coefficient (Wildman–Crippen LogP) is 3.77. The highest BCUT2D eigenvalue weighted by Crippen LogP contribution is 2.23. The highest BCUT2D eigenvalue weighted by Gasteiger charge is 2.00. The molecule has 0 spiro atoms. The Balaban J connectivity index is 2.23. The molecule has 0 saturated heterocycles. The SMILES string of the molecule is Cc1cc(Br)ccc1Nc1ccc(C#N)nc1. The molecule has 4 heteroatoms. The van der Waals surface area contributed by atoms with E-state index < -0.39 is 0 Å². The quantitative estimate of drug-likeness (QED) is 0.915. The van der Waals surface area contributed by atoms with E-state index in [9.17, 15) is 0 Å². The van der Waals surface area contributed by atoms with Crippen LogP contribution in [-0.4, -0.2) is 4.98 Å². The van der Waals surface area contributed by atoms with E-state index in [4.69, 9.17) is 5.26 Å². The van der Waals surface area contributed by atoms with Crippen molar-refractivity contribution in [1.29, 1.82) is 5.26 Å². The fourth-order valence-corrected chi connectivity index (χ4v) is 1.93. The summed E-state index contributed by atoms with van der Waals surface area (Å²) in [5.74, 6) is 0. The summed E-state index contributed by atoms with van der Waals surface area (Å²) in [6, 6.07) is 11.5. The van der Waals surface area contributed by atoms with Gasteiger partial charge in [0.2, 0.25) is 0 Å². The van der Waals surface area contributed by atoms with Crippen molar-refractivity contribution in [2.45, 2.75) is 6.92 Å². The second kappa shape index (κ2) is 4.98. The lowest BCUT2D eigenvalue weighted by atomic mass is 10.2. The van der Waals surface area contributed by atoms with Crippen LogP contribution in [0.2, 0.25) is 0 Å². The maximum absolute atomic E-state index is 8.65. The molecule has 1 aromatic carbocycles. The van der Waals surface area contributed by atoms with E-state index in [1.54, 1.807) is 12.3 Å². The van der Waals surface area contributed by atoms with Crippen LogP contribution in [-0.2, 0) is 0 Å². The van der Waals surface area contributed by atoms with Crippen molar-refractivity contribution >= 4 is 27.3 Å². The molecular formula is C13H10BrN3. The number of pyridine rings is 1. The fraction of sp³-hybridized carbons (Fsp3) is 0.0769. The number of benzene rings is 1. The van der Waals surface area contributed by atoms with Gasteiger partial charge >= 0.3 is 0 Å². The number of rotatable bonds is 2. The van der Waals surface area contributed by atoms with E-state index in [0.29, 0.717) is 5.69 Å². The summed E-state index contributed by atoms with van der Waals surface area (Å²) >= 11 is 3.42. The second-order valence-corrected chi connectivity index (χ2v) is 4.54. The van der Waals surface area contributed by atoms with Gasteiger partial charge in [0.25, 0.3) is 0 Å². The fourth-order valence-electron chi connectivity index (χ4n) is 1.46. The Hall–Kier alpha value is -1.86. The van der Waals surface area contributed by atoms with Crippen LogP contribution in [0.3, 0.4) is 0 Å². The van der Waals surface area contributed by atoms with Gasteiger partial charge in [-0.15, -0.1) is 0 Å². The highest BCUT2D eigenvalue weighted by atomic mass is 79.9. The van der Waals surface area contributed by atoms with Crippen LogP contribution in [0.4, 0.5) is 11.4 Å². The molecule has 0 aliphatic rings. The average Bonchev–Trinajstić information content (AvgIpc) is 2.34. The molecule has 3 nitrogen and oxygen atoms in total. The van der Waals surface area contributed by atoms with E-state index >= 15 is 0 Å². The Morgan fingerprint density at radius 1 is 1.29 bits per heavy atom. The molecule has 17 heavy (non-hydrogen) atoms. The lowest BCUT2D eigenvalue weighted by Gasteiger charge is -2.09. The first kappa shape index (κ1) is 11.6. The van der Waals surface area contributed by atoms with Crippen molar-refractivity contribution in [2.24, 2.45) is 0 Å². The zero-order chi connectivity index (χ0) is 12.3. The first-order chi connectivity index (χ1) is 8.19. The summed E-state index contributed by atoms with van der Waals surface area (Å²) in [5, 5.41) is 11.9. The molecule has 0 fully saturated rings. The third kappa shape index (κ3) is 2.83. The summed E-state index contributed by atoms with van der Waals surface area (Å²) in [4.78, 5) is 4.01. The first-order valence-corrected chi connectivity index (χ1v) is 5.87. The van der Waals surface area contributed by atoms with Gasteiger partial charge in [0.1, 0.15) is 11.8 Å². The molecule has 0 aliphatic heterocycles. The average molecular weight is 288 g/mol. The number of nitrogens with zero attached hydrogens (tertiary/aromatic N) is 2. The minimum absolute atomic E-state index is 0.420. The monoisotopic (exact) mass is 287 g/mol. The first-order valence-electron chi connectivity index (χ1n) is 5.08. The van der Waals surface area contributed by atoms with Crippen molar-refractivity contribution in [3.8, 4) is 6.07 Å². The van der Waals surface area contributed by atoms with Gasteiger partial charge in [0.05, 0.1) is 11.9 Å². The summed E-state index contributed by atoms with van der Waals surface area (Å²) in [6.07, 6.45) is 1.65.